The van der Waals surface area contributed by atoms with Crippen molar-refractivity contribution in [3.63, 3.8) is 0 Å². The van der Waals surface area contributed by atoms with Gasteiger partial charge in [0.25, 0.3) is 0 Å². The van der Waals surface area contributed by atoms with Crippen LogP contribution in [-0.4, -0.2) is 0 Å². The molecule has 0 radical (unpaired) electrons. The van der Waals surface area contributed by atoms with Gasteiger partial charge in [-0.05, 0) is 45.6 Å². The van der Waals surface area contributed by atoms with E-state index in [1.807, 2.05) is 0 Å². The first-order valence-electron chi connectivity index (χ1n) is 4.06. The molecule has 0 N–H and O–H groups in total. The third-order valence-corrected chi connectivity index (χ3v) is 3.74. The Balaban J connectivity index is 2.35. The maximum atomic E-state index is 2.37. The van der Waals surface area contributed by atoms with Gasteiger partial charge in [0.05, 0.1) is 5.41 Å². The van der Waals surface area contributed by atoms with Crippen LogP contribution in [0.3, 0.4) is 0 Å². The van der Waals surface area contributed by atoms with Crippen molar-refractivity contribution in [1.82, 2.24) is 0 Å². The maximum absolute atomic E-state index is 2.37. The average molecular weight is 136 g/mol. The van der Waals surface area contributed by atoms with E-state index in [4.69, 9.17) is 0 Å². The van der Waals surface area contributed by atoms with Crippen molar-refractivity contribution in [2.24, 2.45) is 5.41 Å². The summed E-state index contributed by atoms with van der Waals surface area (Å²) in [6, 6.07) is 0. The largest absolute Gasteiger partial charge is 0.0714 e. The molecule has 0 atom stereocenters. The number of allylic oxidation sites excluding steroid dienone is 10. The van der Waals surface area contributed by atoms with Crippen LogP contribution in [0.5, 0.6) is 0 Å². The summed E-state index contributed by atoms with van der Waals surface area (Å²) in [4.78, 5) is 0. The lowest BCUT2D eigenvalue weighted by molar-refractivity contribution is 0.625. The van der Waals surface area contributed by atoms with Crippen LogP contribution in [0.2, 0.25) is 0 Å². The molecule has 0 saturated carbocycles. The molecule has 0 amide bonds. The standard InChI is InChI=1S/C11H4/c1-5-3-10-8-2-6-4-9(7(1)8)11(5,6)10/h1-4H. The fourth-order valence-corrected chi connectivity index (χ4v) is 3.29. The minimum atomic E-state index is 0.407. The molecule has 0 aromatic carbocycles. The van der Waals surface area contributed by atoms with E-state index in [2.05, 4.69) is 24.3 Å². The van der Waals surface area contributed by atoms with Gasteiger partial charge in [-0.15, -0.1) is 0 Å². The molecule has 5 aliphatic carbocycles. The van der Waals surface area contributed by atoms with Crippen molar-refractivity contribution in [3.05, 3.63) is 57.7 Å². The Morgan fingerprint density at radius 1 is 0.727 bits per heavy atom. The highest BCUT2D eigenvalue weighted by molar-refractivity contribution is 5.97. The molecule has 0 aromatic heterocycles. The van der Waals surface area contributed by atoms with Crippen LogP contribution < -0.4 is 0 Å². The Hall–Kier alpha value is -1.30. The molecule has 5 aliphatic rings. The summed E-state index contributed by atoms with van der Waals surface area (Å²) in [5, 5.41) is 0. The average Bonchev–Trinajstić information content (AvgIpc) is 2.31. The Morgan fingerprint density at radius 3 is 1.64 bits per heavy atom. The van der Waals surface area contributed by atoms with E-state index in [0.29, 0.717) is 5.41 Å². The second-order valence-electron chi connectivity index (χ2n) is 3.89. The minimum Gasteiger partial charge on any atom is -0.0520 e. The third kappa shape index (κ3) is 0.152. The summed E-state index contributed by atoms with van der Waals surface area (Å²) in [6.45, 7) is 0. The van der Waals surface area contributed by atoms with Gasteiger partial charge in [0, 0.05) is 0 Å². The van der Waals surface area contributed by atoms with Crippen LogP contribution in [0.25, 0.3) is 0 Å². The zero-order valence-electron chi connectivity index (χ0n) is 5.81. The molecule has 0 aliphatic heterocycles. The quantitative estimate of drug-likeness (QED) is 0.478. The lowest BCUT2D eigenvalue weighted by atomic mass is 9.58. The molecule has 0 heteroatoms. The second kappa shape index (κ2) is 0.724. The van der Waals surface area contributed by atoms with Gasteiger partial charge in [-0.25, -0.2) is 0 Å². The molecule has 0 heterocycles. The first-order chi connectivity index (χ1) is 5.42. The third-order valence-electron chi connectivity index (χ3n) is 3.74. The van der Waals surface area contributed by atoms with Crippen LogP contribution >= 0.6 is 0 Å². The van der Waals surface area contributed by atoms with Crippen LogP contribution in [0.15, 0.2) is 57.7 Å². The summed E-state index contributed by atoms with van der Waals surface area (Å²) >= 11 is 0. The van der Waals surface area contributed by atoms with Gasteiger partial charge in [-0.1, -0.05) is 12.2 Å². The van der Waals surface area contributed by atoms with Gasteiger partial charge in [0.1, 0.15) is 0 Å². The molecule has 0 saturated heterocycles. The molecule has 0 unspecified atom stereocenters. The molecule has 3 bridgehead atoms. The van der Waals surface area contributed by atoms with Gasteiger partial charge >= 0.3 is 0 Å². The van der Waals surface area contributed by atoms with E-state index in [1.165, 1.54) is 11.1 Å². The fraction of sp³-hybridized carbons (Fsp3) is 0.0909. The Bertz CT molecular complexity index is 468. The molecule has 0 nitrogen and oxygen atoms in total. The summed E-state index contributed by atoms with van der Waals surface area (Å²) < 4.78 is 0. The highest BCUT2D eigenvalue weighted by atomic mass is 14.7. The van der Waals surface area contributed by atoms with Crippen LogP contribution in [0, 0.1) is 5.41 Å². The molecular weight excluding hydrogens is 132 g/mol. The molecule has 48 valence electrons. The molecule has 0 aromatic rings. The highest BCUT2D eigenvalue weighted by Crippen LogP contribution is 2.78. The van der Waals surface area contributed by atoms with E-state index < -0.39 is 0 Å². The molecule has 1 spiro atoms. The van der Waals surface area contributed by atoms with E-state index in [1.54, 1.807) is 22.3 Å². The number of rotatable bonds is 0. The molecule has 0 fully saturated rings. The maximum Gasteiger partial charge on any atom is 0.0714 e. The minimum absolute atomic E-state index is 0.407. The normalized spacial score (nSPS) is 34.2. The van der Waals surface area contributed by atoms with E-state index in [-0.39, 0.29) is 0 Å². The monoisotopic (exact) mass is 136 g/mol. The fourth-order valence-electron chi connectivity index (χ4n) is 3.29. The van der Waals surface area contributed by atoms with Crippen LogP contribution in [0.4, 0.5) is 0 Å². The van der Waals surface area contributed by atoms with Crippen molar-refractivity contribution < 1.29 is 0 Å². The number of hydrogen-bond donors (Lipinski definition) is 0. The summed E-state index contributed by atoms with van der Waals surface area (Å²) in [5.41, 5.74) is 9.82. The van der Waals surface area contributed by atoms with Crippen LogP contribution in [-0.2, 0) is 0 Å². The molecule has 5 rings (SSSR count). The molecular formula is C11H4. The Kier molecular flexibility index (Phi) is 0.257. The van der Waals surface area contributed by atoms with Crippen molar-refractivity contribution in [1.29, 1.82) is 0 Å². The first-order valence-corrected chi connectivity index (χ1v) is 4.06. The van der Waals surface area contributed by atoms with E-state index in [0.717, 1.165) is 0 Å². The SMILES string of the molecule is C1=C2C=C3C4=C1C1=CC(=C4)C213. The van der Waals surface area contributed by atoms with Crippen molar-refractivity contribution in [2.75, 3.05) is 0 Å². The topological polar surface area (TPSA) is 0 Å². The summed E-state index contributed by atoms with van der Waals surface area (Å²) in [7, 11) is 0. The first kappa shape index (κ1) is 3.91. The van der Waals surface area contributed by atoms with Gasteiger partial charge < -0.3 is 0 Å². The smallest absolute Gasteiger partial charge is 0.0520 e. The summed E-state index contributed by atoms with van der Waals surface area (Å²) in [6.07, 6.45) is 9.43. The number of hydrogen-bond acceptors (Lipinski definition) is 0. The Labute approximate surface area is 63.9 Å². The second-order valence-corrected chi connectivity index (χ2v) is 3.89. The summed E-state index contributed by atoms with van der Waals surface area (Å²) in [5.74, 6) is 0. The highest BCUT2D eigenvalue weighted by Gasteiger charge is 2.66. The lowest BCUT2D eigenvalue weighted by Crippen LogP contribution is -2.33. The zero-order chi connectivity index (χ0) is 6.79. The lowest BCUT2D eigenvalue weighted by Gasteiger charge is -2.43. The predicted molar refractivity (Wildman–Crippen MR) is 41.8 cm³/mol. The van der Waals surface area contributed by atoms with Crippen LogP contribution in [0.1, 0.15) is 0 Å². The van der Waals surface area contributed by atoms with Gasteiger partial charge in [-0.2, -0.15) is 0 Å². The van der Waals surface area contributed by atoms with Crippen molar-refractivity contribution in [3.8, 4) is 0 Å². The molecule has 11 heavy (non-hydrogen) atoms. The van der Waals surface area contributed by atoms with Crippen molar-refractivity contribution in [2.45, 2.75) is 0 Å². The van der Waals surface area contributed by atoms with Gasteiger partial charge in [-0.3, -0.25) is 0 Å². The zero-order valence-corrected chi connectivity index (χ0v) is 5.81. The van der Waals surface area contributed by atoms with Crippen molar-refractivity contribution >= 4 is 0 Å². The Morgan fingerprint density at radius 2 is 1.27 bits per heavy atom. The van der Waals surface area contributed by atoms with Gasteiger partial charge in [0.15, 0.2) is 0 Å². The van der Waals surface area contributed by atoms with E-state index in [9.17, 15) is 0 Å². The predicted octanol–water partition coefficient (Wildman–Crippen LogP) is 2.04. The van der Waals surface area contributed by atoms with Gasteiger partial charge in [0.2, 0.25) is 0 Å². The van der Waals surface area contributed by atoms with E-state index >= 15 is 0 Å².